The third-order valence-electron chi connectivity index (χ3n) is 4.36. The van der Waals surface area contributed by atoms with E-state index in [1.165, 1.54) is 18.3 Å². The van der Waals surface area contributed by atoms with Gasteiger partial charge in [-0.3, -0.25) is 9.79 Å². The van der Waals surface area contributed by atoms with Crippen LogP contribution >= 0.6 is 0 Å². The first-order valence-corrected chi connectivity index (χ1v) is 9.65. The first-order valence-electron chi connectivity index (χ1n) is 9.65. The van der Waals surface area contributed by atoms with Crippen LogP contribution in [0.1, 0.15) is 16.7 Å². The topological polar surface area (TPSA) is 50.7 Å². The molecule has 31 heavy (non-hydrogen) atoms. The van der Waals surface area contributed by atoms with Gasteiger partial charge in [0, 0.05) is 12.8 Å². The molecule has 1 N–H and O–H groups in total. The number of nitrogens with one attached hydrogen (secondary N) is 1. The second kappa shape index (κ2) is 10.4. The fraction of sp³-hybridized carbons (Fsp3) is 0.167. The molecule has 160 valence electrons. The number of nitrogens with zero attached hydrogens (tertiary/aromatic N) is 1. The summed E-state index contributed by atoms with van der Waals surface area (Å²) in [5.74, 6) is 0.292. The van der Waals surface area contributed by atoms with E-state index in [-0.39, 0.29) is 18.2 Å². The number of rotatable bonds is 8. The summed E-state index contributed by atoms with van der Waals surface area (Å²) in [7, 11) is 0. The highest BCUT2D eigenvalue weighted by Gasteiger charge is 2.30. The molecule has 0 radical (unpaired) electrons. The van der Waals surface area contributed by atoms with Gasteiger partial charge in [-0.25, -0.2) is 0 Å². The average molecular weight is 426 g/mol. The number of hydrogen-bond acceptors (Lipinski definition) is 3. The molecule has 0 aliphatic rings. The molecule has 0 saturated heterocycles. The molecule has 0 spiro atoms. The van der Waals surface area contributed by atoms with Gasteiger partial charge in [0.15, 0.2) is 6.61 Å². The van der Waals surface area contributed by atoms with Crippen LogP contribution in [0, 0.1) is 0 Å². The summed E-state index contributed by atoms with van der Waals surface area (Å²) in [4.78, 5) is 16.0. The lowest BCUT2D eigenvalue weighted by molar-refractivity contribution is -0.137. The molecule has 3 rings (SSSR count). The molecule has 0 unspecified atom stereocenters. The lowest BCUT2D eigenvalue weighted by Crippen LogP contribution is -2.30. The van der Waals surface area contributed by atoms with Gasteiger partial charge in [0.2, 0.25) is 0 Å². The molecule has 1 amide bonds. The highest BCUT2D eigenvalue weighted by Crippen LogP contribution is 2.31. The van der Waals surface area contributed by atoms with E-state index >= 15 is 0 Å². The minimum absolute atomic E-state index is 0.105. The van der Waals surface area contributed by atoms with Crippen LogP contribution in [-0.2, 0) is 17.4 Å². The van der Waals surface area contributed by atoms with E-state index in [1.54, 1.807) is 24.3 Å². The summed E-state index contributed by atoms with van der Waals surface area (Å²) in [6, 6.07) is 21.4. The molecule has 0 atom stereocenters. The lowest BCUT2D eigenvalue weighted by atomic mass is 10.1. The first kappa shape index (κ1) is 22.1. The Bertz CT molecular complexity index is 1020. The molecule has 7 heteroatoms. The largest absolute Gasteiger partial charge is 0.484 e. The maximum Gasteiger partial charge on any atom is 0.416 e. The Morgan fingerprint density at radius 1 is 0.968 bits per heavy atom. The lowest BCUT2D eigenvalue weighted by Gasteiger charge is -2.08. The molecule has 0 aliphatic heterocycles. The van der Waals surface area contributed by atoms with Crippen molar-refractivity contribution >= 4 is 17.8 Å². The molecule has 0 aromatic heterocycles. The monoisotopic (exact) mass is 426 g/mol. The maximum absolute atomic E-state index is 12.8. The number of halogens is 3. The quantitative estimate of drug-likeness (QED) is 0.504. The highest BCUT2D eigenvalue weighted by molar-refractivity contribution is 5.82. The van der Waals surface area contributed by atoms with Crippen LogP contribution in [0.2, 0.25) is 0 Å². The summed E-state index contributed by atoms with van der Waals surface area (Å²) in [5, 5.41) is 2.80. The van der Waals surface area contributed by atoms with Crippen molar-refractivity contribution in [1.82, 2.24) is 5.32 Å². The number of benzene rings is 3. The van der Waals surface area contributed by atoms with Gasteiger partial charge in [-0.1, -0.05) is 36.4 Å². The molecule has 3 aromatic carbocycles. The van der Waals surface area contributed by atoms with Gasteiger partial charge in [-0.15, -0.1) is 0 Å². The van der Waals surface area contributed by atoms with Crippen LogP contribution in [0.4, 0.5) is 18.9 Å². The maximum atomic E-state index is 12.8. The van der Waals surface area contributed by atoms with Gasteiger partial charge < -0.3 is 10.1 Å². The fourth-order valence-electron chi connectivity index (χ4n) is 2.75. The first-order chi connectivity index (χ1) is 14.9. The molecular formula is C24H21F3N2O2. The Kier molecular flexibility index (Phi) is 7.43. The molecular weight excluding hydrogens is 405 g/mol. The molecule has 0 saturated carbocycles. The van der Waals surface area contributed by atoms with Crippen LogP contribution in [0.5, 0.6) is 5.75 Å². The Hall–Kier alpha value is -3.61. The Morgan fingerprint density at radius 3 is 2.42 bits per heavy atom. The van der Waals surface area contributed by atoms with Crippen LogP contribution < -0.4 is 10.1 Å². The van der Waals surface area contributed by atoms with Crippen LogP contribution in [-0.4, -0.2) is 25.3 Å². The Labute approximate surface area is 178 Å². The fourth-order valence-corrected chi connectivity index (χ4v) is 2.75. The van der Waals surface area contributed by atoms with Crippen molar-refractivity contribution in [3.05, 3.63) is 95.6 Å². The predicted octanol–water partition coefficient (Wildman–Crippen LogP) is 5.19. The molecule has 0 aliphatic carbocycles. The van der Waals surface area contributed by atoms with Crippen molar-refractivity contribution in [2.24, 2.45) is 4.99 Å². The number of carbonyl (C=O) groups excluding carboxylic acids is 1. The summed E-state index contributed by atoms with van der Waals surface area (Å²) in [6.07, 6.45) is -2.19. The van der Waals surface area contributed by atoms with Crippen molar-refractivity contribution in [3.8, 4) is 5.75 Å². The third kappa shape index (κ3) is 7.29. The summed E-state index contributed by atoms with van der Waals surface area (Å²) >= 11 is 0. The predicted molar refractivity (Wildman–Crippen MR) is 114 cm³/mol. The molecule has 3 aromatic rings. The van der Waals surface area contributed by atoms with Gasteiger partial charge in [-0.05, 0) is 60.0 Å². The van der Waals surface area contributed by atoms with Gasteiger partial charge in [-0.2, -0.15) is 13.2 Å². The second-order valence-corrected chi connectivity index (χ2v) is 6.75. The number of hydrogen-bond donors (Lipinski definition) is 1. The van der Waals surface area contributed by atoms with Crippen molar-refractivity contribution in [3.63, 3.8) is 0 Å². The standard InChI is InChI=1S/C24H21F3N2O2/c25-24(26,27)20-7-4-8-21(15-20)29-16-19-9-11-22(12-10-19)31-17-23(30)28-14-13-18-5-2-1-3-6-18/h1-12,15-16H,13-14,17H2,(H,28,30). The number of ether oxygens (including phenoxy) is 1. The summed E-state index contributed by atoms with van der Waals surface area (Å²) in [6.45, 7) is 0.420. The van der Waals surface area contributed by atoms with Crippen LogP contribution in [0.15, 0.2) is 83.9 Å². The molecule has 0 fully saturated rings. The summed E-state index contributed by atoms with van der Waals surface area (Å²) < 4.78 is 43.7. The molecule has 0 bridgehead atoms. The van der Waals surface area contributed by atoms with Crippen LogP contribution in [0.25, 0.3) is 0 Å². The van der Waals surface area contributed by atoms with E-state index in [0.29, 0.717) is 17.9 Å². The minimum Gasteiger partial charge on any atom is -0.484 e. The summed E-state index contributed by atoms with van der Waals surface area (Å²) in [5.41, 5.74) is 1.30. The number of alkyl halides is 3. The SMILES string of the molecule is O=C(COc1ccc(C=Nc2cccc(C(F)(F)F)c2)cc1)NCCc1ccccc1. The third-order valence-corrected chi connectivity index (χ3v) is 4.36. The van der Waals surface area contributed by atoms with Gasteiger partial charge in [0.25, 0.3) is 5.91 Å². The zero-order valence-electron chi connectivity index (χ0n) is 16.6. The van der Waals surface area contributed by atoms with Crippen LogP contribution in [0.3, 0.4) is 0 Å². The van der Waals surface area contributed by atoms with E-state index < -0.39 is 11.7 Å². The average Bonchev–Trinajstić information content (AvgIpc) is 2.77. The Balaban J connectivity index is 1.45. The van der Waals surface area contributed by atoms with E-state index in [0.717, 1.165) is 24.1 Å². The van der Waals surface area contributed by atoms with E-state index in [2.05, 4.69) is 10.3 Å². The zero-order chi connectivity index (χ0) is 22.1. The van der Waals surface area contributed by atoms with E-state index in [4.69, 9.17) is 4.74 Å². The second-order valence-electron chi connectivity index (χ2n) is 6.75. The zero-order valence-corrected chi connectivity index (χ0v) is 16.6. The van der Waals surface area contributed by atoms with Gasteiger partial charge >= 0.3 is 6.18 Å². The minimum atomic E-state index is -4.40. The van der Waals surface area contributed by atoms with Crippen molar-refractivity contribution in [2.75, 3.05) is 13.2 Å². The highest BCUT2D eigenvalue weighted by atomic mass is 19.4. The van der Waals surface area contributed by atoms with Crippen molar-refractivity contribution in [1.29, 1.82) is 0 Å². The van der Waals surface area contributed by atoms with E-state index in [1.807, 2.05) is 30.3 Å². The van der Waals surface area contributed by atoms with Crippen molar-refractivity contribution in [2.45, 2.75) is 12.6 Å². The van der Waals surface area contributed by atoms with E-state index in [9.17, 15) is 18.0 Å². The van der Waals surface area contributed by atoms with Gasteiger partial charge in [0.05, 0.1) is 11.3 Å². The van der Waals surface area contributed by atoms with Gasteiger partial charge in [0.1, 0.15) is 5.75 Å². The Morgan fingerprint density at radius 2 is 1.71 bits per heavy atom. The molecule has 0 heterocycles. The number of aliphatic imine (C=N–C) groups is 1. The number of amides is 1. The van der Waals surface area contributed by atoms with Crippen molar-refractivity contribution < 1.29 is 22.7 Å². The smallest absolute Gasteiger partial charge is 0.416 e. The number of carbonyl (C=O) groups is 1. The molecule has 4 nitrogen and oxygen atoms in total. The normalized spacial score (nSPS) is 11.5.